The fourth-order valence-corrected chi connectivity index (χ4v) is 1.76. The van der Waals surface area contributed by atoms with E-state index < -0.39 is 5.97 Å². The molecule has 4 nitrogen and oxygen atoms in total. The van der Waals surface area contributed by atoms with Gasteiger partial charge in [-0.05, 0) is 18.4 Å². The largest absolute Gasteiger partial charge is 0.409 e. The van der Waals surface area contributed by atoms with Crippen LogP contribution in [0.15, 0.2) is 23.2 Å². The number of esters is 1. The fourth-order valence-electron chi connectivity index (χ4n) is 0.820. The molecule has 0 bridgehead atoms. The van der Waals surface area contributed by atoms with E-state index in [-0.39, 0.29) is 5.70 Å². The lowest BCUT2D eigenvalue weighted by molar-refractivity contribution is -0.131. The topological polar surface area (TPSA) is 47.6 Å². The molecule has 0 fully saturated rings. The predicted molar refractivity (Wildman–Crippen MR) is 58.9 cm³/mol. The molecule has 1 heterocycles. The van der Waals surface area contributed by atoms with Crippen molar-refractivity contribution in [3.63, 3.8) is 0 Å². The smallest absolute Gasteiger partial charge is 0.362 e. The van der Waals surface area contributed by atoms with Crippen LogP contribution >= 0.6 is 22.9 Å². The van der Waals surface area contributed by atoms with Gasteiger partial charge in [-0.25, -0.2) is 4.79 Å². The van der Waals surface area contributed by atoms with Crippen molar-refractivity contribution in [2.75, 3.05) is 7.11 Å². The van der Waals surface area contributed by atoms with Crippen molar-refractivity contribution in [1.29, 1.82) is 0 Å². The third-order valence-electron chi connectivity index (χ3n) is 1.49. The summed E-state index contributed by atoms with van der Waals surface area (Å²) in [6, 6.07) is 1.66. The van der Waals surface area contributed by atoms with Gasteiger partial charge >= 0.3 is 5.97 Å². The van der Waals surface area contributed by atoms with Gasteiger partial charge in [-0.1, -0.05) is 17.7 Å². The van der Waals surface area contributed by atoms with Crippen LogP contribution in [0.3, 0.4) is 0 Å². The van der Waals surface area contributed by atoms with Crippen LogP contribution in [0, 0.1) is 0 Å². The van der Waals surface area contributed by atoms with Crippen LogP contribution in [-0.4, -0.2) is 13.1 Å². The highest BCUT2D eigenvalue weighted by molar-refractivity contribution is 7.12. The standard InChI is InChI=1S/C9H10ClNO3S/c1-3-7(11-13-2)8(12)14-9-6(10)4-5-15-9/h3-5,11H,1-2H3. The third kappa shape index (κ3) is 3.23. The zero-order chi connectivity index (χ0) is 11.3. The molecule has 0 spiro atoms. The lowest BCUT2D eigenvalue weighted by Crippen LogP contribution is -2.23. The minimum atomic E-state index is -0.538. The summed E-state index contributed by atoms with van der Waals surface area (Å²) >= 11 is 7.02. The van der Waals surface area contributed by atoms with Crippen molar-refractivity contribution in [3.05, 3.63) is 28.2 Å². The van der Waals surface area contributed by atoms with Crippen LogP contribution in [0.2, 0.25) is 5.02 Å². The van der Waals surface area contributed by atoms with Crippen molar-refractivity contribution in [2.45, 2.75) is 6.92 Å². The van der Waals surface area contributed by atoms with Crippen molar-refractivity contribution in [3.8, 4) is 5.06 Å². The van der Waals surface area contributed by atoms with Crippen LogP contribution in [0.5, 0.6) is 5.06 Å². The first kappa shape index (κ1) is 12.0. The van der Waals surface area contributed by atoms with Gasteiger partial charge in [-0.2, -0.15) is 0 Å². The number of hydrogen-bond donors (Lipinski definition) is 1. The zero-order valence-electron chi connectivity index (χ0n) is 8.24. The van der Waals surface area contributed by atoms with Gasteiger partial charge in [0.15, 0.2) is 0 Å². The molecule has 0 aliphatic rings. The molecule has 1 aromatic heterocycles. The second-order valence-electron chi connectivity index (χ2n) is 2.45. The highest BCUT2D eigenvalue weighted by Gasteiger charge is 2.13. The number of halogens is 1. The molecule has 0 amide bonds. The first-order chi connectivity index (χ1) is 7.19. The van der Waals surface area contributed by atoms with Crippen LogP contribution in [0.4, 0.5) is 0 Å². The molecule has 0 radical (unpaired) electrons. The van der Waals surface area contributed by atoms with Gasteiger partial charge in [-0.15, -0.1) is 11.3 Å². The number of hydrogen-bond acceptors (Lipinski definition) is 5. The van der Waals surface area contributed by atoms with Gasteiger partial charge in [-0.3, -0.25) is 10.3 Å². The quantitative estimate of drug-likeness (QED) is 0.504. The number of carbonyl (C=O) groups is 1. The number of allylic oxidation sites excluding steroid dienone is 1. The first-order valence-electron chi connectivity index (χ1n) is 4.09. The van der Waals surface area contributed by atoms with E-state index in [9.17, 15) is 4.79 Å². The third-order valence-corrected chi connectivity index (χ3v) is 2.69. The molecule has 1 aromatic rings. The van der Waals surface area contributed by atoms with Gasteiger partial charge in [0.1, 0.15) is 5.70 Å². The Morgan fingerprint density at radius 1 is 1.67 bits per heavy atom. The molecule has 0 aromatic carbocycles. The van der Waals surface area contributed by atoms with Crippen LogP contribution < -0.4 is 10.2 Å². The monoisotopic (exact) mass is 247 g/mol. The Balaban J connectivity index is 2.67. The highest BCUT2D eigenvalue weighted by Crippen LogP contribution is 2.30. The first-order valence-corrected chi connectivity index (χ1v) is 5.35. The Labute approximate surface area is 96.4 Å². The maximum atomic E-state index is 11.5. The van der Waals surface area contributed by atoms with Gasteiger partial charge < -0.3 is 4.74 Å². The van der Waals surface area contributed by atoms with E-state index in [2.05, 4.69) is 10.3 Å². The normalized spacial score (nSPS) is 11.3. The SMILES string of the molecule is CC=C(NOC)C(=O)Oc1sccc1Cl. The van der Waals surface area contributed by atoms with Gasteiger partial charge in [0.05, 0.1) is 12.1 Å². The Bertz CT molecular complexity index is 375. The summed E-state index contributed by atoms with van der Waals surface area (Å²) in [6.07, 6.45) is 1.55. The minimum absolute atomic E-state index is 0.224. The number of hydroxylamine groups is 1. The molecule has 0 unspecified atom stereocenters. The molecule has 1 rings (SSSR count). The Kier molecular flexibility index (Phi) is 4.61. The molecule has 0 aliphatic carbocycles. The minimum Gasteiger partial charge on any atom is -0.409 e. The van der Waals surface area contributed by atoms with Crippen LogP contribution in [0.25, 0.3) is 0 Å². The summed E-state index contributed by atoms with van der Waals surface area (Å²) in [4.78, 5) is 16.1. The van der Waals surface area contributed by atoms with Crippen molar-refractivity contribution < 1.29 is 14.4 Å². The van der Waals surface area contributed by atoms with E-state index in [4.69, 9.17) is 16.3 Å². The summed E-state index contributed by atoms with van der Waals surface area (Å²) in [5.41, 5.74) is 2.64. The van der Waals surface area contributed by atoms with E-state index >= 15 is 0 Å². The number of nitrogens with one attached hydrogen (secondary N) is 1. The van der Waals surface area contributed by atoms with Crippen LogP contribution in [0.1, 0.15) is 6.92 Å². The summed E-state index contributed by atoms with van der Waals surface area (Å²) in [5.74, 6) is -0.538. The molecular weight excluding hydrogens is 238 g/mol. The van der Waals surface area contributed by atoms with Gasteiger partial charge in [0, 0.05) is 0 Å². The number of rotatable bonds is 4. The van der Waals surface area contributed by atoms with E-state index in [1.807, 2.05) is 0 Å². The molecule has 1 N–H and O–H groups in total. The predicted octanol–water partition coefficient (Wildman–Crippen LogP) is 2.36. The van der Waals surface area contributed by atoms with E-state index in [0.717, 1.165) is 0 Å². The van der Waals surface area contributed by atoms with Crippen molar-refractivity contribution in [2.24, 2.45) is 0 Å². The maximum Gasteiger partial charge on any atom is 0.362 e. The van der Waals surface area contributed by atoms with Gasteiger partial charge in [0.25, 0.3) is 0 Å². The lowest BCUT2D eigenvalue weighted by Gasteiger charge is -2.06. The summed E-state index contributed by atoms with van der Waals surface area (Å²) in [5, 5.41) is 2.53. The Hall–Kier alpha value is -1.04. The molecule has 82 valence electrons. The zero-order valence-corrected chi connectivity index (χ0v) is 9.82. The van der Waals surface area contributed by atoms with Crippen molar-refractivity contribution >= 4 is 28.9 Å². The molecule has 0 saturated heterocycles. The highest BCUT2D eigenvalue weighted by atomic mass is 35.5. The molecule has 0 saturated carbocycles. The van der Waals surface area contributed by atoms with E-state index in [1.165, 1.54) is 18.4 Å². The number of ether oxygens (including phenoxy) is 1. The summed E-state index contributed by atoms with van der Waals surface area (Å²) in [7, 11) is 1.41. The molecule has 0 aliphatic heterocycles. The Morgan fingerprint density at radius 3 is 2.87 bits per heavy atom. The Morgan fingerprint density at radius 2 is 2.40 bits per heavy atom. The molecule has 6 heteroatoms. The second-order valence-corrected chi connectivity index (χ2v) is 3.74. The summed E-state index contributed by atoms with van der Waals surface area (Å²) in [6.45, 7) is 1.69. The lowest BCUT2D eigenvalue weighted by atomic mass is 10.4. The molecular formula is C9H10ClNO3S. The maximum absolute atomic E-state index is 11.5. The van der Waals surface area contributed by atoms with E-state index in [0.29, 0.717) is 10.1 Å². The average Bonchev–Trinajstić information content (AvgIpc) is 2.60. The second kappa shape index (κ2) is 5.75. The van der Waals surface area contributed by atoms with Gasteiger partial charge in [0.2, 0.25) is 5.06 Å². The molecule has 15 heavy (non-hydrogen) atoms. The fraction of sp³-hybridized carbons (Fsp3) is 0.222. The van der Waals surface area contributed by atoms with Crippen molar-refractivity contribution in [1.82, 2.24) is 5.48 Å². The van der Waals surface area contributed by atoms with E-state index in [1.54, 1.807) is 24.4 Å². The molecule has 0 atom stereocenters. The number of thiophene rings is 1. The van der Waals surface area contributed by atoms with Crippen LogP contribution in [-0.2, 0) is 9.63 Å². The average molecular weight is 248 g/mol. The summed E-state index contributed by atoms with van der Waals surface area (Å²) < 4.78 is 5.03. The number of carbonyl (C=O) groups excluding carboxylic acids is 1.